The number of rotatable bonds is 5. The summed E-state index contributed by atoms with van der Waals surface area (Å²) in [5.41, 5.74) is 3.46. The first kappa shape index (κ1) is 22.0. The van der Waals surface area contributed by atoms with Gasteiger partial charge in [0.25, 0.3) is 0 Å². The predicted octanol–water partition coefficient (Wildman–Crippen LogP) is 3.75. The summed E-state index contributed by atoms with van der Waals surface area (Å²) in [4.78, 5) is 15.0. The van der Waals surface area contributed by atoms with Crippen LogP contribution in [0.5, 0.6) is 0 Å². The molecule has 2 N–H and O–H groups in total. The summed E-state index contributed by atoms with van der Waals surface area (Å²) in [5.74, 6) is -1.48. The van der Waals surface area contributed by atoms with E-state index in [4.69, 9.17) is 10.4 Å². The topological polar surface area (TPSA) is 86.0 Å². The lowest BCUT2D eigenvalue weighted by atomic mass is 9.94. The van der Waals surface area contributed by atoms with Crippen molar-refractivity contribution in [2.75, 3.05) is 25.0 Å². The Labute approximate surface area is 196 Å². The van der Waals surface area contributed by atoms with Gasteiger partial charge in [0, 0.05) is 24.6 Å². The number of urea groups is 1. The van der Waals surface area contributed by atoms with Crippen LogP contribution in [0.2, 0.25) is 0 Å². The zero-order chi connectivity index (χ0) is 23.7. The van der Waals surface area contributed by atoms with Gasteiger partial charge in [-0.05, 0) is 49.1 Å². The third-order valence-corrected chi connectivity index (χ3v) is 6.52. The number of hydrogen-bond donors (Lipinski definition) is 2. The Balaban J connectivity index is 1.38. The Bertz CT molecular complexity index is 1250. The number of carbonyl (C=O) groups excluding carboxylic acids is 1. The Morgan fingerprint density at radius 2 is 1.94 bits per heavy atom. The van der Waals surface area contributed by atoms with E-state index in [0.29, 0.717) is 24.5 Å². The summed E-state index contributed by atoms with van der Waals surface area (Å²) >= 11 is 0. The van der Waals surface area contributed by atoms with E-state index in [2.05, 4.69) is 16.7 Å². The standard InChI is InChI=1S/C25H24F2N6O/c26-20-10-9-16(13-21(20)27)19-14-32(12-11-28)15-23(19)29-25(34)30-24-18-7-4-8-22(18)31-33(24)17-5-2-1-3-6-17/h1-3,5-6,9-10,13,19,23H,4,7-8,12,14-15H2,(H2,29,30,34)/t19-,23+/m0/s1. The van der Waals surface area contributed by atoms with Crippen LogP contribution in [0.3, 0.4) is 0 Å². The maximum atomic E-state index is 13.9. The van der Waals surface area contributed by atoms with Gasteiger partial charge in [0.05, 0.1) is 30.0 Å². The van der Waals surface area contributed by atoms with Crippen molar-refractivity contribution < 1.29 is 13.6 Å². The minimum atomic E-state index is -0.929. The van der Waals surface area contributed by atoms with Crippen LogP contribution in [-0.4, -0.2) is 46.4 Å². The largest absolute Gasteiger partial charge is 0.333 e. The lowest BCUT2D eigenvalue weighted by Crippen LogP contribution is -2.42. The number of benzene rings is 2. The SMILES string of the molecule is N#CCN1C[C@@H](NC(=O)Nc2c3c(nn2-c2ccccc2)CCC3)[C@H](c2ccc(F)c(F)c2)C1. The van der Waals surface area contributed by atoms with Crippen LogP contribution in [0.25, 0.3) is 5.69 Å². The first-order valence-corrected chi connectivity index (χ1v) is 11.3. The highest BCUT2D eigenvalue weighted by molar-refractivity contribution is 5.90. The second-order valence-corrected chi connectivity index (χ2v) is 8.71. The molecular formula is C25H24F2N6O. The summed E-state index contributed by atoms with van der Waals surface area (Å²) in [5, 5.41) is 19.8. The van der Waals surface area contributed by atoms with E-state index in [1.165, 1.54) is 12.1 Å². The number of anilines is 1. The molecule has 7 nitrogen and oxygen atoms in total. The van der Waals surface area contributed by atoms with Gasteiger partial charge in [0.2, 0.25) is 0 Å². The van der Waals surface area contributed by atoms with E-state index in [-0.39, 0.29) is 18.5 Å². The summed E-state index contributed by atoms with van der Waals surface area (Å²) in [6.45, 7) is 1.08. The fourth-order valence-corrected chi connectivity index (χ4v) is 4.93. The first-order valence-electron chi connectivity index (χ1n) is 11.3. The van der Waals surface area contributed by atoms with Gasteiger partial charge in [0.1, 0.15) is 5.82 Å². The van der Waals surface area contributed by atoms with Crippen molar-refractivity contribution in [3.05, 3.63) is 77.0 Å². The summed E-state index contributed by atoms with van der Waals surface area (Å²) in [6.07, 6.45) is 2.71. The maximum Gasteiger partial charge on any atom is 0.320 e. The van der Waals surface area contributed by atoms with Gasteiger partial charge < -0.3 is 5.32 Å². The van der Waals surface area contributed by atoms with Crippen LogP contribution in [0.4, 0.5) is 19.4 Å². The molecule has 34 heavy (non-hydrogen) atoms. The molecule has 0 radical (unpaired) electrons. The highest BCUT2D eigenvalue weighted by Crippen LogP contribution is 2.32. The average Bonchev–Trinajstić information content (AvgIpc) is 3.53. The predicted molar refractivity (Wildman–Crippen MR) is 123 cm³/mol. The highest BCUT2D eigenvalue weighted by Gasteiger charge is 2.35. The lowest BCUT2D eigenvalue weighted by Gasteiger charge is -2.21. The monoisotopic (exact) mass is 462 g/mol. The number of likely N-dealkylation sites (tertiary alicyclic amines) is 1. The molecule has 5 rings (SSSR count). The number of nitrogens with one attached hydrogen (secondary N) is 2. The zero-order valence-corrected chi connectivity index (χ0v) is 18.5. The molecule has 0 saturated carbocycles. The Kier molecular flexibility index (Phi) is 5.99. The number of hydrogen-bond acceptors (Lipinski definition) is 4. The van der Waals surface area contributed by atoms with Crippen LogP contribution in [0.15, 0.2) is 48.5 Å². The molecule has 0 unspecified atom stereocenters. The van der Waals surface area contributed by atoms with Crippen molar-refractivity contribution in [2.45, 2.75) is 31.2 Å². The van der Waals surface area contributed by atoms with Crippen LogP contribution in [0, 0.1) is 23.0 Å². The van der Waals surface area contributed by atoms with E-state index >= 15 is 0 Å². The fourth-order valence-electron chi connectivity index (χ4n) is 4.93. The molecule has 1 aliphatic heterocycles. The van der Waals surface area contributed by atoms with Crippen molar-refractivity contribution in [1.82, 2.24) is 20.0 Å². The van der Waals surface area contributed by atoms with Crippen LogP contribution in [-0.2, 0) is 12.8 Å². The molecule has 2 aromatic carbocycles. The van der Waals surface area contributed by atoms with Gasteiger partial charge in [-0.3, -0.25) is 10.2 Å². The molecule has 2 atom stereocenters. The second-order valence-electron chi connectivity index (χ2n) is 8.71. The van der Waals surface area contributed by atoms with Gasteiger partial charge in [-0.2, -0.15) is 10.4 Å². The van der Waals surface area contributed by atoms with Gasteiger partial charge in [-0.15, -0.1) is 0 Å². The van der Waals surface area contributed by atoms with Crippen molar-refractivity contribution >= 4 is 11.8 Å². The highest BCUT2D eigenvalue weighted by atomic mass is 19.2. The molecule has 0 spiro atoms. The molecule has 0 bridgehead atoms. The number of fused-ring (bicyclic) bond motifs is 1. The molecule has 1 fully saturated rings. The van der Waals surface area contributed by atoms with E-state index in [0.717, 1.165) is 42.3 Å². The number of nitrogens with zero attached hydrogens (tertiary/aromatic N) is 4. The third kappa shape index (κ3) is 4.24. The maximum absolute atomic E-state index is 13.9. The number of aromatic nitrogens is 2. The fraction of sp³-hybridized carbons (Fsp3) is 0.320. The first-order chi connectivity index (χ1) is 16.5. The number of aryl methyl sites for hydroxylation is 1. The van der Waals surface area contributed by atoms with Gasteiger partial charge in [-0.25, -0.2) is 18.3 Å². The van der Waals surface area contributed by atoms with Crippen LogP contribution < -0.4 is 10.6 Å². The lowest BCUT2D eigenvalue weighted by molar-refractivity contribution is 0.247. The third-order valence-electron chi connectivity index (χ3n) is 6.52. The van der Waals surface area contributed by atoms with Crippen molar-refractivity contribution in [3.8, 4) is 11.8 Å². The average molecular weight is 463 g/mol. The number of amides is 2. The Morgan fingerprint density at radius 1 is 1.12 bits per heavy atom. The molecule has 1 saturated heterocycles. The van der Waals surface area contributed by atoms with E-state index in [1.807, 2.05) is 35.2 Å². The number of nitriles is 1. The summed E-state index contributed by atoms with van der Waals surface area (Å²) in [6, 6.07) is 14.8. The quantitative estimate of drug-likeness (QED) is 0.566. The molecule has 1 aromatic heterocycles. The molecule has 2 amide bonds. The molecule has 174 valence electrons. The Hall–Kier alpha value is -3.77. The summed E-state index contributed by atoms with van der Waals surface area (Å²) in [7, 11) is 0. The van der Waals surface area contributed by atoms with Gasteiger partial charge >= 0.3 is 6.03 Å². The normalized spacial score (nSPS) is 19.6. The second kappa shape index (κ2) is 9.23. The van der Waals surface area contributed by atoms with Gasteiger partial charge in [0.15, 0.2) is 11.6 Å². The van der Waals surface area contributed by atoms with Crippen molar-refractivity contribution in [3.63, 3.8) is 0 Å². The zero-order valence-electron chi connectivity index (χ0n) is 18.5. The smallest absolute Gasteiger partial charge is 0.320 e. The molecule has 2 heterocycles. The minimum Gasteiger partial charge on any atom is -0.333 e. The van der Waals surface area contributed by atoms with Crippen LogP contribution in [0.1, 0.15) is 29.2 Å². The number of para-hydroxylation sites is 1. The van der Waals surface area contributed by atoms with Crippen molar-refractivity contribution in [1.29, 1.82) is 5.26 Å². The van der Waals surface area contributed by atoms with E-state index < -0.39 is 17.7 Å². The van der Waals surface area contributed by atoms with Crippen molar-refractivity contribution in [2.24, 2.45) is 0 Å². The minimum absolute atomic E-state index is 0.189. The molecule has 3 aromatic rings. The Morgan fingerprint density at radius 3 is 2.71 bits per heavy atom. The number of carbonyl (C=O) groups is 1. The molecule has 9 heteroatoms. The molecule has 2 aliphatic rings. The van der Waals surface area contributed by atoms with E-state index in [9.17, 15) is 13.6 Å². The summed E-state index contributed by atoms with van der Waals surface area (Å²) < 4.78 is 29.1. The van der Waals surface area contributed by atoms with Crippen LogP contribution >= 0.6 is 0 Å². The number of halogens is 2. The van der Waals surface area contributed by atoms with Gasteiger partial charge in [-0.1, -0.05) is 24.3 Å². The van der Waals surface area contributed by atoms with E-state index in [1.54, 1.807) is 4.68 Å². The molecule has 1 aliphatic carbocycles. The molecular weight excluding hydrogens is 438 g/mol.